The van der Waals surface area contributed by atoms with Crippen molar-refractivity contribution in [3.05, 3.63) is 23.8 Å². The van der Waals surface area contributed by atoms with Gasteiger partial charge in [-0.1, -0.05) is 19.4 Å². The minimum absolute atomic E-state index is 0.0682. The smallest absolute Gasteiger partial charge is 0.239 e. The highest BCUT2D eigenvalue weighted by molar-refractivity contribution is 5.81. The second kappa shape index (κ2) is 6.99. The summed E-state index contributed by atoms with van der Waals surface area (Å²) in [7, 11) is 3.20. The highest BCUT2D eigenvalue weighted by Gasteiger charge is 2.17. The number of hydrogen-bond acceptors (Lipinski definition) is 4. The molecular formula is C14H22N2O3. The van der Waals surface area contributed by atoms with E-state index in [0.717, 1.165) is 12.0 Å². The molecule has 5 nitrogen and oxygen atoms in total. The van der Waals surface area contributed by atoms with Gasteiger partial charge in [-0.2, -0.15) is 0 Å². The minimum atomic E-state index is -0.457. The fraction of sp³-hybridized carbons (Fsp3) is 0.500. The minimum Gasteiger partial charge on any atom is -0.504 e. The van der Waals surface area contributed by atoms with Crippen LogP contribution >= 0.6 is 0 Å². The monoisotopic (exact) mass is 266 g/mol. The van der Waals surface area contributed by atoms with Gasteiger partial charge in [-0.3, -0.25) is 4.79 Å². The fourth-order valence-electron chi connectivity index (χ4n) is 1.90. The Bertz CT molecular complexity index is 435. The van der Waals surface area contributed by atoms with Crippen molar-refractivity contribution in [1.82, 2.24) is 4.90 Å². The molecule has 0 spiro atoms. The van der Waals surface area contributed by atoms with Crippen molar-refractivity contribution in [2.24, 2.45) is 5.73 Å². The predicted molar refractivity (Wildman–Crippen MR) is 74.0 cm³/mol. The number of phenols is 1. The summed E-state index contributed by atoms with van der Waals surface area (Å²) in [6, 6.07) is 4.62. The van der Waals surface area contributed by atoms with Crippen LogP contribution in [0.3, 0.4) is 0 Å². The molecule has 1 amide bonds. The number of phenolic OH excluding ortho intramolecular Hbond substituents is 1. The van der Waals surface area contributed by atoms with Gasteiger partial charge in [0.15, 0.2) is 11.5 Å². The third kappa shape index (κ3) is 4.13. The van der Waals surface area contributed by atoms with Crippen LogP contribution in [0.5, 0.6) is 11.5 Å². The summed E-state index contributed by atoms with van der Waals surface area (Å²) in [5, 5.41) is 9.68. The fourth-order valence-corrected chi connectivity index (χ4v) is 1.90. The Morgan fingerprint density at radius 3 is 2.74 bits per heavy atom. The maximum Gasteiger partial charge on any atom is 0.239 e. The predicted octanol–water partition coefficient (Wildman–Crippen LogP) is 1.49. The maximum absolute atomic E-state index is 12.0. The zero-order chi connectivity index (χ0) is 14.4. The molecule has 0 saturated carbocycles. The normalized spacial score (nSPS) is 12.0. The Labute approximate surface area is 114 Å². The number of ether oxygens (including phenoxy) is 1. The zero-order valence-electron chi connectivity index (χ0n) is 11.7. The van der Waals surface area contributed by atoms with Crippen molar-refractivity contribution in [1.29, 1.82) is 0 Å². The van der Waals surface area contributed by atoms with Gasteiger partial charge in [0.2, 0.25) is 5.91 Å². The summed E-state index contributed by atoms with van der Waals surface area (Å²) in [6.07, 6.45) is 1.56. The van der Waals surface area contributed by atoms with Crippen LogP contribution in [0.2, 0.25) is 0 Å². The van der Waals surface area contributed by atoms with Gasteiger partial charge in [0.25, 0.3) is 0 Å². The Kier molecular flexibility index (Phi) is 5.63. The van der Waals surface area contributed by atoms with Crippen LogP contribution in [0.4, 0.5) is 0 Å². The summed E-state index contributed by atoms with van der Waals surface area (Å²) in [5.41, 5.74) is 6.63. The molecule has 0 heterocycles. The molecule has 19 heavy (non-hydrogen) atoms. The van der Waals surface area contributed by atoms with Gasteiger partial charge in [0.05, 0.1) is 13.2 Å². The lowest BCUT2D eigenvalue weighted by Gasteiger charge is -2.21. The molecule has 106 valence electrons. The van der Waals surface area contributed by atoms with E-state index in [9.17, 15) is 9.90 Å². The number of nitrogens with two attached hydrogens (primary N) is 1. The van der Waals surface area contributed by atoms with Crippen molar-refractivity contribution >= 4 is 5.91 Å². The van der Waals surface area contributed by atoms with Crippen LogP contribution < -0.4 is 10.5 Å². The van der Waals surface area contributed by atoms with E-state index in [4.69, 9.17) is 10.5 Å². The number of hydrogen-bond donors (Lipinski definition) is 2. The number of amides is 1. The van der Waals surface area contributed by atoms with E-state index in [1.54, 1.807) is 24.1 Å². The first-order chi connectivity index (χ1) is 8.99. The number of benzene rings is 1. The Morgan fingerprint density at radius 1 is 1.53 bits per heavy atom. The lowest BCUT2D eigenvalue weighted by Crippen LogP contribution is -2.41. The van der Waals surface area contributed by atoms with Gasteiger partial charge in [-0.15, -0.1) is 0 Å². The van der Waals surface area contributed by atoms with Crippen LogP contribution in [0.1, 0.15) is 25.3 Å². The Hall–Kier alpha value is -1.75. The number of nitrogens with zero attached hydrogens (tertiary/aromatic N) is 1. The van der Waals surface area contributed by atoms with Gasteiger partial charge in [-0.25, -0.2) is 0 Å². The summed E-state index contributed by atoms with van der Waals surface area (Å²) in [4.78, 5) is 13.5. The first kappa shape index (κ1) is 15.3. The molecule has 1 atom stereocenters. The molecule has 0 fully saturated rings. The van der Waals surface area contributed by atoms with Crippen molar-refractivity contribution in [2.75, 3.05) is 14.2 Å². The zero-order valence-corrected chi connectivity index (χ0v) is 11.7. The number of methoxy groups -OCH3 is 1. The number of likely N-dealkylation sites (N-methyl/N-ethyl adjacent to an activating group) is 1. The average Bonchev–Trinajstić information content (AvgIpc) is 2.38. The second-order valence-corrected chi connectivity index (χ2v) is 4.60. The SMILES string of the molecule is CCCC(N)C(=O)N(C)Cc1ccc(OC)c(O)c1. The molecule has 0 aromatic heterocycles. The maximum atomic E-state index is 12.0. The van der Waals surface area contributed by atoms with Gasteiger partial charge >= 0.3 is 0 Å². The number of carbonyl (C=O) groups is 1. The van der Waals surface area contributed by atoms with Crippen molar-refractivity contribution in [2.45, 2.75) is 32.4 Å². The van der Waals surface area contributed by atoms with E-state index in [0.29, 0.717) is 18.7 Å². The van der Waals surface area contributed by atoms with E-state index in [1.807, 2.05) is 13.0 Å². The Morgan fingerprint density at radius 2 is 2.21 bits per heavy atom. The van der Waals surface area contributed by atoms with Crippen LogP contribution in [0.15, 0.2) is 18.2 Å². The lowest BCUT2D eigenvalue weighted by atomic mass is 10.1. The van der Waals surface area contributed by atoms with E-state index in [-0.39, 0.29) is 11.7 Å². The number of carbonyl (C=O) groups excluding carboxylic acids is 1. The molecular weight excluding hydrogens is 244 g/mol. The van der Waals surface area contributed by atoms with Crippen molar-refractivity contribution in [3.8, 4) is 11.5 Å². The molecule has 1 unspecified atom stereocenters. The third-order valence-corrected chi connectivity index (χ3v) is 2.96. The molecule has 1 rings (SSSR count). The molecule has 5 heteroatoms. The largest absolute Gasteiger partial charge is 0.504 e. The highest BCUT2D eigenvalue weighted by Crippen LogP contribution is 2.26. The van der Waals surface area contributed by atoms with Crippen LogP contribution in [0, 0.1) is 0 Å². The average molecular weight is 266 g/mol. The van der Waals surface area contributed by atoms with Crippen LogP contribution in [0.25, 0.3) is 0 Å². The van der Waals surface area contributed by atoms with E-state index in [2.05, 4.69) is 0 Å². The number of rotatable bonds is 6. The number of aromatic hydroxyl groups is 1. The molecule has 0 saturated heterocycles. The van der Waals surface area contributed by atoms with Gasteiger partial charge in [0, 0.05) is 13.6 Å². The van der Waals surface area contributed by atoms with Crippen molar-refractivity contribution in [3.63, 3.8) is 0 Å². The van der Waals surface area contributed by atoms with E-state index < -0.39 is 6.04 Å². The van der Waals surface area contributed by atoms with E-state index >= 15 is 0 Å². The standard InChI is InChI=1S/C14H22N2O3/c1-4-5-11(15)14(18)16(2)9-10-6-7-13(19-3)12(17)8-10/h6-8,11,17H,4-5,9,15H2,1-3H3. The quantitative estimate of drug-likeness (QED) is 0.818. The van der Waals surface area contributed by atoms with Gasteiger partial charge in [-0.05, 0) is 24.1 Å². The first-order valence-corrected chi connectivity index (χ1v) is 6.36. The summed E-state index contributed by atoms with van der Waals surface area (Å²) < 4.78 is 4.97. The summed E-state index contributed by atoms with van der Waals surface area (Å²) in [5.74, 6) is 0.399. The first-order valence-electron chi connectivity index (χ1n) is 6.36. The second-order valence-electron chi connectivity index (χ2n) is 4.60. The molecule has 0 bridgehead atoms. The third-order valence-electron chi connectivity index (χ3n) is 2.96. The molecule has 0 aliphatic rings. The highest BCUT2D eigenvalue weighted by atomic mass is 16.5. The lowest BCUT2D eigenvalue weighted by molar-refractivity contribution is -0.132. The summed E-state index contributed by atoms with van der Waals surface area (Å²) >= 11 is 0. The topological polar surface area (TPSA) is 75.8 Å². The van der Waals surface area contributed by atoms with E-state index in [1.165, 1.54) is 7.11 Å². The van der Waals surface area contributed by atoms with Crippen molar-refractivity contribution < 1.29 is 14.6 Å². The molecule has 0 aliphatic heterocycles. The summed E-state index contributed by atoms with van der Waals surface area (Å²) in [6.45, 7) is 2.41. The molecule has 0 radical (unpaired) electrons. The Balaban J connectivity index is 2.68. The molecule has 3 N–H and O–H groups in total. The molecule has 1 aromatic carbocycles. The molecule has 0 aliphatic carbocycles. The molecule has 1 aromatic rings. The van der Waals surface area contributed by atoms with Crippen LogP contribution in [-0.4, -0.2) is 36.1 Å². The van der Waals surface area contributed by atoms with Gasteiger partial charge < -0.3 is 20.5 Å². The van der Waals surface area contributed by atoms with Gasteiger partial charge in [0.1, 0.15) is 0 Å². The van der Waals surface area contributed by atoms with Crippen LogP contribution in [-0.2, 0) is 11.3 Å².